The molecular weight excluding hydrogens is 1580 g/mol. The first-order chi connectivity index (χ1) is 16.0. The summed E-state index contributed by atoms with van der Waals surface area (Å²) in [5.74, 6) is -0.144. The third-order valence-corrected chi connectivity index (χ3v) is 8.21. The Hall–Kier alpha value is 6.81. The molecule has 15 unspecified atom stereocenters. The molecular formula is C24H44Ac5O10. The van der Waals surface area contributed by atoms with E-state index in [9.17, 15) is 25.5 Å². The van der Waals surface area contributed by atoms with E-state index >= 15 is 0 Å². The van der Waals surface area contributed by atoms with Crippen molar-refractivity contribution in [2.75, 3.05) is 13.2 Å². The fourth-order valence-electron chi connectivity index (χ4n) is 5.21. The molecule has 15 atom stereocenters. The van der Waals surface area contributed by atoms with Crippen LogP contribution in [-0.4, -0.2) is 106 Å². The second-order valence-corrected chi connectivity index (χ2v) is 10.4. The summed E-state index contributed by atoms with van der Waals surface area (Å²) >= 11 is 0. The molecule has 3 aliphatic heterocycles. The van der Waals surface area contributed by atoms with E-state index in [0.717, 1.165) is 0 Å². The van der Waals surface area contributed by atoms with E-state index in [1.807, 2.05) is 13.8 Å². The van der Waals surface area contributed by atoms with Gasteiger partial charge in [-0.05, 0) is 25.2 Å². The van der Waals surface area contributed by atoms with Crippen LogP contribution in [0.4, 0.5) is 0 Å². The van der Waals surface area contributed by atoms with Gasteiger partial charge in [-0.3, -0.25) is 0 Å². The third kappa shape index (κ3) is 12.9. The van der Waals surface area contributed by atoms with Crippen molar-refractivity contribution < 1.29 is 270 Å². The van der Waals surface area contributed by atoms with E-state index in [1.165, 1.54) is 0 Å². The minimum atomic E-state index is -1.18. The summed E-state index contributed by atoms with van der Waals surface area (Å²) in [6.07, 6.45) is -8.09. The average Bonchev–Trinajstić information content (AvgIpc) is 2.82. The molecule has 5 N–H and O–H groups in total. The van der Waals surface area contributed by atoms with Gasteiger partial charge in [-0.1, -0.05) is 34.6 Å². The minimum absolute atomic E-state index is 0. The third-order valence-electron chi connectivity index (χ3n) is 8.21. The Kier molecular flexibility index (Phi) is 30.9. The van der Waals surface area contributed by atoms with E-state index in [0.29, 0.717) is 6.42 Å². The van der Waals surface area contributed by atoms with Gasteiger partial charge in [-0.2, -0.15) is 0 Å². The molecule has 5 radical (unpaired) electrons. The zero-order valence-corrected chi connectivity index (χ0v) is 47.7. The summed E-state index contributed by atoms with van der Waals surface area (Å²) in [4.78, 5) is 0. The van der Waals surface area contributed by atoms with Crippen LogP contribution in [-0.2, 0) is 23.7 Å². The molecule has 215 valence electrons. The number of ether oxygens (including phenoxy) is 5. The van der Waals surface area contributed by atoms with E-state index in [-0.39, 0.29) is 257 Å². The first kappa shape index (κ1) is 50.2. The summed E-state index contributed by atoms with van der Waals surface area (Å²) < 4.78 is 30.1. The minimum Gasteiger partial charge on any atom is -0.394 e. The second-order valence-electron chi connectivity index (χ2n) is 10.4. The molecule has 3 fully saturated rings. The van der Waals surface area contributed by atoms with Crippen LogP contribution in [0.2, 0.25) is 0 Å². The molecule has 3 aliphatic rings. The summed E-state index contributed by atoms with van der Waals surface area (Å²) in [7, 11) is 0. The Balaban J connectivity index is -0.00000259. The predicted octanol–water partition coefficient (Wildman–Crippen LogP) is 0.0156. The van der Waals surface area contributed by atoms with Crippen LogP contribution in [0.1, 0.15) is 48.0 Å². The molecule has 0 aromatic rings. The molecule has 0 aliphatic carbocycles. The number of hydrogen-bond donors (Lipinski definition) is 5. The molecule has 3 heterocycles. The Morgan fingerprint density at radius 1 is 0.590 bits per heavy atom. The molecule has 0 aromatic carbocycles. The summed E-state index contributed by atoms with van der Waals surface area (Å²) in [5, 5.41) is 50.8. The zero-order valence-electron chi connectivity index (χ0n) is 23.9. The Morgan fingerprint density at radius 3 is 1.69 bits per heavy atom. The zero-order chi connectivity index (χ0) is 25.3. The Bertz CT molecular complexity index is 654. The molecule has 0 saturated carbocycles. The molecule has 39 heavy (non-hydrogen) atoms. The van der Waals surface area contributed by atoms with Gasteiger partial charge in [0.1, 0.15) is 30.5 Å². The molecule has 0 amide bonds. The van der Waals surface area contributed by atoms with E-state index in [1.54, 1.807) is 13.8 Å². The number of rotatable bonds is 7. The summed E-state index contributed by atoms with van der Waals surface area (Å²) in [6, 6.07) is 0. The largest absolute Gasteiger partial charge is 0.394 e. The normalized spacial score (nSPS) is 45.8. The van der Waals surface area contributed by atoms with E-state index in [2.05, 4.69) is 13.8 Å². The van der Waals surface area contributed by atoms with Crippen LogP contribution < -0.4 is 0 Å². The van der Waals surface area contributed by atoms with Crippen molar-refractivity contribution in [3.05, 3.63) is 0 Å². The van der Waals surface area contributed by atoms with Crippen LogP contribution >= 0.6 is 0 Å². The number of hydrogen-bond acceptors (Lipinski definition) is 10. The van der Waals surface area contributed by atoms with Gasteiger partial charge in [0, 0.05) is 232 Å². The Labute approximate surface area is 412 Å². The van der Waals surface area contributed by atoms with Gasteiger partial charge >= 0.3 is 0 Å². The molecule has 10 nitrogen and oxygen atoms in total. The topological polar surface area (TPSA) is 147 Å². The maximum atomic E-state index is 10.7. The first-order valence-electron chi connectivity index (χ1n) is 12.6. The SMILES string of the molecule is CCC1OC(C)C(O)C(O)C1OC1OC(COC2OC(CO)C(O)C(O)C2C)C(C)C(C)C1C.[Ac].[Ac].[Ac].[Ac].[Ac]. The average molecular weight is 1630 g/mol. The van der Waals surface area contributed by atoms with E-state index in [4.69, 9.17) is 23.7 Å². The first-order valence-corrected chi connectivity index (χ1v) is 12.6. The number of aliphatic hydroxyl groups excluding tert-OH is 5. The summed E-state index contributed by atoms with van der Waals surface area (Å²) in [6.45, 7) is 11.4. The fraction of sp³-hybridized carbons (Fsp3) is 1.00. The number of aliphatic hydroxyl groups is 5. The van der Waals surface area contributed by atoms with E-state index < -0.39 is 67.8 Å². The molecule has 15 heteroatoms. The maximum absolute atomic E-state index is 10.7. The van der Waals surface area contributed by atoms with Gasteiger partial charge < -0.3 is 49.2 Å². The van der Waals surface area contributed by atoms with Gasteiger partial charge in [0.25, 0.3) is 0 Å². The Morgan fingerprint density at radius 2 is 1.15 bits per heavy atom. The van der Waals surface area contributed by atoms with Gasteiger partial charge in [-0.25, -0.2) is 0 Å². The van der Waals surface area contributed by atoms with Crippen LogP contribution in [0, 0.1) is 244 Å². The second kappa shape index (κ2) is 24.0. The van der Waals surface area contributed by atoms with Gasteiger partial charge in [0.2, 0.25) is 0 Å². The molecule has 0 spiro atoms. The van der Waals surface area contributed by atoms with Gasteiger partial charge in [0.15, 0.2) is 12.6 Å². The van der Waals surface area contributed by atoms with Crippen molar-refractivity contribution in [1.29, 1.82) is 0 Å². The molecule has 0 aromatic heterocycles. The van der Waals surface area contributed by atoms with Crippen molar-refractivity contribution in [3.63, 3.8) is 0 Å². The molecule has 0 bridgehead atoms. The van der Waals surface area contributed by atoms with Crippen molar-refractivity contribution in [2.24, 2.45) is 23.7 Å². The van der Waals surface area contributed by atoms with Crippen LogP contribution in [0.3, 0.4) is 0 Å². The van der Waals surface area contributed by atoms with Crippen molar-refractivity contribution >= 4 is 0 Å². The van der Waals surface area contributed by atoms with Crippen molar-refractivity contribution in [1.82, 2.24) is 0 Å². The monoisotopic (exact) mass is 1630 g/mol. The molecule has 3 rings (SSSR count). The predicted molar refractivity (Wildman–Crippen MR) is 121 cm³/mol. The van der Waals surface area contributed by atoms with Gasteiger partial charge in [-0.15, -0.1) is 0 Å². The maximum Gasteiger partial charge on any atom is 0.163 e. The van der Waals surface area contributed by atoms with Crippen LogP contribution in [0.5, 0.6) is 0 Å². The summed E-state index contributed by atoms with van der Waals surface area (Å²) in [5.41, 5.74) is 0. The smallest absolute Gasteiger partial charge is 0.163 e. The standard InChI is InChI=1S/C24H44O10.5Ac/c1-7-15-22(21(29)19(27)14(6)31-15)34-24-12(4)10(2)11(3)17(33-24)9-30-23-13(5)18(26)20(28)16(8-25)32-23;;;;;/h10-29H,7-9H2,1-6H3;;;;;. The quantitative estimate of drug-likeness (QED) is 0.237. The van der Waals surface area contributed by atoms with Crippen LogP contribution in [0.25, 0.3) is 0 Å². The van der Waals surface area contributed by atoms with Crippen LogP contribution in [0.15, 0.2) is 0 Å². The van der Waals surface area contributed by atoms with Gasteiger partial charge in [0.05, 0.1) is 37.6 Å². The molecule has 3 saturated heterocycles. The van der Waals surface area contributed by atoms with Crippen molar-refractivity contribution in [2.45, 2.75) is 115 Å². The van der Waals surface area contributed by atoms with Crippen molar-refractivity contribution in [3.8, 4) is 0 Å². The fourth-order valence-corrected chi connectivity index (χ4v) is 5.21.